The maximum atomic E-state index is 11.9. The molecule has 1 aromatic heterocycles. The van der Waals surface area contributed by atoms with Crippen LogP contribution in [0.15, 0.2) is 5.51 Å². The molecule has 1 saturated heterocycles. The molecule has 0 spiro atoms. The Morgan fingerprint density at radius 1 is 1.42 bits per heavy atom. The molecule has 1 aliphatic rings. The highest BCUT2D eigenvalue weighted by Gasteiger charge is 2.27. The number of anilines is 1. The molecule has 0 bridgehead atoms. The standard InChI is InChI=1S/C9H15N5O3S2/c1-2-19(16,17)14-5-3-13(4-6-14)9(15)11-8-12-10-7-18-8/h7H,2-6H2,1H3,(H,11,12,15). The highest BCUT2D eigenvalue weighted by molar-refractivity contribution is 7.89. The predicted molar refractivity (Wildman–Crippen MR) is 71.5 cm³/mol. The molecule has 19 heavy (non-hydrogen) atoms. The molecule has 1 N–H and O–H groups in total. The van der Waals surface area contributed by atoms with Gasteiger partial charge in [0.15, 0.2) is 0 Å². The van der Waals surface area contributed by atoms with Crippen molar-refractivity contribution in [2.45, 2.75) is 6.92 Å². The zero-order valence-corrected chi connectivity index (χ0v) is 12.1. The second kappa shape index (κ2) is 5.80. The van der Waals surface area contributed by atoms with Crippen LogP contribution < -0.4 is 5.32 Å². The minimum absolute atomic E-state index is 0.0873. The molecule has 1 fully saturated rings. The van der Waals surface area contributed by atoms with Gasteiger partial charge < -0.3 is 4.90 Å². The Hall–Kier alpha value is -1.26. The summed E-state index contributed by atoms with van der Waals surface area (Å²) in [6, 6.07) is -0.273. The van der Waals surface area contributed by atoms with E-state index in [1.807, 2.05) is 0 Å². The third-order valence-electron chi connectivity index (χ3n) is 2.86. The molecule has 2 heterocycles. The molecule has 2 amide bonds. The Kier molecular flexibility index (Phi) is 4.32. The summed E-state index contributed by atoms with van der Waals surface area (Å²) >= 11 is 1.24. The van der Waals surface area contributed by atoms with Crippen LogP contribution in [0.25, 0.3) is 0 Å². The van der Waals surface area contributed by atoms with E-state index in [0.29, 0.717) is 31.3 Å². The molecule has 0 saturated carbocycles. The number of piperazine rings is 1. The van der Waals surface area contributed by atoms with Crippen LogP contribution in [0.3, 0.4) is 0 Å². The van der Waals surface area contributed by atoms with Crippen molar-refractivity contribution in [3.63, 3.8) is 0 Å². The Labute approximate surface area is 115 Å². The Balaban J connectivity index is 1.88. The number of carbonyl (C=O) groups is 1. The molecule has 106 valence electrons. The molecule has 0 atom stereocenters. The summed E-state index contributed by atoms with van der Waals surface area (Å²) in [5.41, 5.74) is 1.53. The first-order chi connectivity index (χ1) is 9.03. The van der Waals surface area contributed by atoms with Gasteiger partial charge >= 0.3 is 6.03 Å². The third kappa shape index (κ3) is 3.39. The van der Waals surface area contributed by atoms with Crippen molar-refractivity contribution >= 4 is 32.5 Å². The van der Waals surface area contributed by atoms with Crippen molar-refractivity contribution in [1.29, 1.82) is 0 Å². The summed E-state index contributed by atoms with van der Waals surface area (Å²) < 4.78 is 24.8. The topological polar surface area (TPSA) is 95.5 Å². The van der Waals surface area contributed by atoms with Crippen molar-refractivity contribution in [2.24, 2.45) is 0 Å². The van der Waals surface area contributed by atoms with Crippen molar-refractivity contribution in [1.82, 2.24) is 19.4 Å². The fraction of sp³-hybridized carbons (Fsp3) is 0.667. The summed E-state index contributed by atoms with van der Waals surface area (Å²) in [6.45, 7) is 3.04. The van der Waals surface area contributed by atoms with E-state index in [1.165, 1.54) is 21.2 Å². The van der Waals surface area contributed by atoms with E-state index >= 15 is 0 Å². The van der Waals surface area contributed by atoms with Gasteiger partial charge in [0.05, 0.1) is 5.75 Å². The van der Waals surface area contributed by atoms with Gasteiger partial charge in [0.1, 0.15) is 5.51 Å². The van der Waals surface area contributed by atoms with Crippen LogP contribution in [0.2, 0.25) is 0 Å². The zero-order valence-electron chi connectivity index (χ0n) is 10.4. The highest BCUT2D eigenvalue weighted by Crippen LogP contribution is 2.12. The quantitative estimate of drug-likeness (QED) is 0.850. The van der Waals surface area contributed by atoms with E-state index in [1.54, 1.807) is 11.8 Å². The number of sulfonamides is 1. The minimum Gasteiger partial charge on any atom is -0.322 e. The lowest BCUT2D eigenvalue weighted by Gasteiger charge is -2.33. The van der Waals surface area contributed by atoms with Crippen LogP contribution in [0.1, 0.15) is 6.92 Å². The highest BCUT2D eigenvalue weighted by atomic mass is 32.2. The fourth-order valence-corrected chi connectivity index (χ4v) is 3.27. The number of carbonyl (C=O) groups excluding carboxylic acids is 1. The first-order valence-corrected chi connectivity index (χ1v) is 8.31. The number of hydrogen-bond donors (Lipinski definition) is 1. The number of aromatic nitrogens is 2. The number of nitrogens with one attached hydrogen (secondary N) is 1. The van der Waals surface area contributed by atoms with Gasteiger partial charge in [-0.05, 0) is 6.92 Å². The van der Waals surface area contributed by atoms with E-state index in [4.69, 9.17) is 0 Å². The minimum atomic E-state index is -3.17. The fourth-order valence-electron chi connectivity index (χ4n) is 1.75. The summed E-state index contributed by atoms with van der Waals surface area (Å²) in [5, 5.41) is 10.4. The number of rotatable bonds is 3. The maximum absolute atomic E-state index is 11.9. The Bertz CT molecular complexity index is 522. The monoisotopic (exact) mass is 305 g/mol. The Morgan fingerprint density at radius 3 is 2.63 bits per heavy atom. The van der Waals surface area contributed by atoms with Crippen molar-refractivity contribution in [2.75, 3.05) is 37.2 Å². The van der Waals surface area contributed by atoms with E-state index < -0.39 is 10.0 Å². The van der Waals surface area contributed by atoms with Crippen molar-refractivity contribution in [3.8, 4) is 0 Å². The molecule has 10 heteroatoms. The average Bonchev–Trinajstić information content (AvgIpc) is 2.91. The molecule has 1 aliphatic heterocycles. The van der Waals surface area contributed by atoms with Gasteiger partial charge in [0.25, 0.3) is 0 Å². The van der Waals surface area contributed by atoms with Crippen molar-refractivity contribution in [3.05, 3.63) is 5.51 Å². The number of hydrogen-bond acceptors (Lipinski definition) is 6. The summed E-state index contributed by atoms with van der Waals surface area (Å²) in [4.78, 5) is 13.4. The lowest BCUT2D eigenvalue weighted by Crippen LogP contribution is -2.51. The summed E-state index contributed by atoms with van der Waals surface area (Å²) in [5.74, 6) is 0.0873. The Morgan fingerprint density at radius 2 is 2.11 bits per heavy atom. The molecule has 1 aromatic rings. The van der Waals surface area contributed by atoms with Gasteiger partial charge in [-0.3, -0.25) is 5.32 Å². The first-order valence-electron chi connectivity index (χ1n) is 5.83. The molecule has 8 nitrogen and oxygen atoms in total. The van der Waals surface area contributed by atoms with E-state index in [0.717, 1.165) is 0 Å². The second-order valence-electron chi connectivity index (χ2n) is 3.96. The lowest BCUT2D eigenvalue weighted by molar-refractivity contribution is 0.184. The zero-order chi connectivity index (χ0) is 13.9. The average molecular weight is 305 g/mol. The molecular formula is C9H15N5O3S2. The molecule has 0 unspecified atom stereocenters. The maximum Gasteiger partial charge on any atom is 0.323 e. The number of urea groups is 1. The van der Waals surface area contributed by atoms with Gasteiger partial charge in [-0.25, -0.2) is 13.2 Å². The first kappa shape index (κ1) is 14.2. The van der Waals surface area contributed by atoms with Crippen molar-refractivity contribution < 1.29 is 13.2 Å². The van der Waals surface area contributed by atoms with Gasteiger partial charge in [-0.2, -0.15) is 4.31 Å². The van der Waals surface area contributed by atoms with Gasteiger partial charge in [-0.15, -0.1) is 10.2 Å². The van der Waals surface area contributed by atoms with Gasteiger partial charge in [0, 0.05) is 26.2 Å². The van der Waals surface area contributed by atoms with E-state index in [-0.39, 0.29) is 11.8 Å². The number of nitrogens with zero attached hydrogens (tertiary/aromatic N) is 4. The third-order valence-corrected chi connectivity index (χ3v) is 5.35. The van der Waals surface area contributed by atoms with Crippen LogP contribution >= 0.6 is 11.3 Å². The number of amides is 2. The normalized spacial score (nSPS) is 17.4. The summed E-state index contributed by atoms with van der Waals surface area (Å²) in [7, 11) is -3.17. The van der Waals surface area contributed by atoms with Gasteiger partial charge in [-0.1, -0.05) is 11.3 Å². The van der Waals surface area contributed by atoms with Gasteiger partial charge in [0.2, 0.25) is 15.2 Å². The van der Waals surface area contributed by atoms with Crippen LogP contribution in [0, 0.1) is 0 Å². The molecule has 0 radical (unpaired) electrons. The predicted octanol–water partition coefficient (Wildman–Crippen LogP) is 0.0373. The van der Waals surface area contributed by atoms with Crippen LogP contribution in [-0.2, 0) is 10.0 Å². The van der Waals surface area contributed by atoms with Crippen LogP contribution in [0.5, 0.6) is 0 Å². The summed E-state index contributed by atoms with van der Waals surface area (Å²) in [6.07, 6.45) is 0. The van der Waals surface area contributed by atoms with E-state index in [2.05, 4.69) is 15.5 Å². The largest absolute Gasteiger partial charge is 0.323 e. The second-order valence-corrected chi connectivity index (χ2v) is 7.05. The lowest BCUT2D eigenvalue weighted by atomic mass is 10.4. The molecule has 0 aliphatic carbocycles. The molecule has 2 rings (SSSR count). The smallest absolute Gasteiger partial charge is 0.322 e. The SMILES string of the molecule is CCS(=O)(=O)N1CCN(C(=O)Nc2nncs2)CC1. The van der Waals surface area contributed by atoms with Crippen LogP contribution in [-0.4, -0.2) is 65.8 Å². The van der Waals surface area contributed by atoms with Crippen LogP contribution in [0.4, 0.5) is 9.93 Å². The molecular weight excluding hydrogens is 290 g/mol. The van der Waals surface area contributed by atoms with E-state index in [9.17, 15) is 13.2 Å². The molecule has 0 aromatic carbocycles.